The van der Waals surface area contributed by atoms with Gasteiger partial charge in [-0.2, -0.15) is 13.2 Å². The van der Waals surface area contributed by atoms with Gasteiger partial charge in [-0.25, -0.2) is 4.79 Å². The number of nitrogens with one attached hydrogen (secondary N) is 1. The molecule has 0 saturated carbocycles. The van der Waals surface area contributed by atoms with Crippen molar-refractivity contribution >= 4 is 33.5 Å². The van der Waals surface area contributed by atoms with E-state index in [4.69, 9.17) is 10.8 Å². The Hall–Kier alpha value is -1.77. The molecule has 1 aromatic rings. The van der Waals surface area contributed by atoms with Gasteiger partial charge in [0.15, 0.2) is 0 Å². The summed E-state index contributed by atoms with van der Waals surface area (Å²) in [5.74, 6) is -3.40. The van der Waals surface area contributed by atoms with E-state index >= 15 is 0 Å². The van der Waals surface area contributed by atoms with E-state index < -0.39 is 23.6 Å². The second kappa shape index (κ2) is 5.31. The second-order valence-electron chi connectivity index (χ2n) is 4.16. The van der Waals surface area contributed by atoms with Gasteiger partial charge in [-0.3, -0.25) is 4.79 Å². The molecule has 1 aromatic carbocycles. The lowest BCUT2D eigenvalue weighted by molar-refractivity contribution is -0.203. The quantitative estimate of drug-likeness (QED) is 0.725. The fraction of sp³-hybridized carbons (Fsp3) is 0.273. The number of carboxylic acids is 1. The zero-order valence-corrected chi connectivity index (χ0v) is 11.7. The highest BCUT2D eigenvalue weighted by Crippen LogP contribution is 2.31. The topological polar surface area (TPSA) is 92.4 Å². The van der Waals surface area contributed by atoms with E-state index in [9.17, 15) is 22.8 Å². The Labute approximate surface area is 120 Å². The Morgan fingerprint density at radius 2 is 1.85 bits per heavy atom. The Kier molecular flexibility index (Phi) is 4.33. The molecule has 0 heterocycles. The van der Waals surface area contributed by atoms with E-state index in [0.29, 0.717) is 11.4 Å². The fourth-order valence-electron chi connectivity index (χ4n) is 1.29. The Balaban J connectivity index is 3.13. The van der Waals surface area contributed by atoms with Gasteiger partial charge in [-0.15, -0.1) is 0 Å². The van der Waals surface area contributed by atoms with Gasteiger partial charge < -0.3 is 16.2 Å². The maximum Gasteiger partial charge on any atom is 0.422 e. The summed E-state index contributed by atoms with van der Waals surface area (Å²) >= 11 is 3.03. The number of anilines is 1. The molecule has 0 spiro atoms. The number of amides is 1. The summed E-state index contributed by atoms with van der Waals surface area (Å²) in [6, 6.07) is 3.81. The van der Waals surface area contributed by atoms with Crippen LogP contribution < -0.4 is 11.1 Å². The third-order valence-electron chi connectivity index (χ3n) is 2.54. The average Bonchev–Trinajstić information content (AvgIpc) is 2.25. The molecule has 1 rings (SSSR count). The third-order valence-corrected chi connectivity index (χ3v) is 3.00. The molecule has 0 saturated heterocycles. The van der Waals surface area contributed by atoms with Crippen LogP contribution in [-0.2, 0) is 4.79 Å². The van der Waals surface area contributed by atoms with Gasteiger partial charge in [-0.05, 0) is 25.1 Å². The number of benzene rings is 1. The number of rotatable bonds is 3. The van der Waals surface area contributed by atoms with Gasteiger partial charge in [0, 0.05) is 15.7 Å². The molecule has 1 atom stereocenters. The van der Waals surface area contributed by atoms with Crippen LogP contribution in [0.25, 0.3) is 0 Å². The predicted molar refractivity (Wildman–Crippen MR) is 68.1 cm³/mol. The molecule has 110 valence electrons. The van der Waals surface area contributed by atoms with Crippen molar-refractivity contribution in [1.82, 2.24) is 5.32 Å². The average molecular weight is 355 g/mol. The van der Waals surface area contributed by atoms with Gasteiger partial charge in [0.2, 0.25) is 5.54 Å². The number of carboxylic acid groups (broad SMARTS) is 1. The summed E-state index contributed by atoms with van der Waals surface area (Å²) in [6.45, 7) is 0.370. The largest absolute Gasteiger partial charge is 0.479 e. The molecule has 9 heteroatoms. The van der Waals surface area contributed by atoms with E-state index in [0.717, 1.165) is 6.07 Å². The minimum Gasteiger partial charge on any atom is -0.479 e. The van der Waals surface area contributed by atoms with Gasteiger partial charge in [0.1, 0.15) is 0 Å². The number of hydrogen-bond donors (Lipinski definition) is 3. The van der Waals surface area contributed by atoms with Crippen molar-refractivity contribution < 1.29 is 27.9 Å². The predicted octanol–water partition coefficient (Wildman–Crippen LogP) is 2.17. The van der Waals surface area contributed by atoms with E-state index in [1.807, 2.05) is 0 Å². The van der Waals surface area contributed by atoms with Crippen molar-refractivity contribution in [1.29, 1.82) is 0 Å². The molecule has 4 N–H and O–H groups in total. The zero-order valence-electron chi connectivity index (χ0n) is 10.1. The van der Waals surface area contributed by atoms with Crippen LogP contribution in [0.2, 0.25) is 0 Å². The van der Waals surface area contributed by atoms with Crippen molar-refractivity contribution in [2.24, 2.45) is 0 Å². The monoisotopic (exact) mass is 354 g/mol. The van der Waals surface area contributed by atoms with E-state index in [1.165, 1.54) is 17.4 Å². The first-order chi connectivity index (χ1) is 8.97. The van der Waals surface area contributed by atoms with Crippen molar-refractivity contribution in [2.75, 3.05) is 5.73 Å². The van der Waals surface area contributed by atoms with E-state index in [1.54, 1.807) is 0 Å². The van der Waals surface area contributed by atoms with Crippen LogP contribution in [-0.4, -0.2) is 28.7 Å². The minimum atomic E-state index is -5.15. The lowest BCUT2D eigenvalue weighted by atomic mass is 10.0. The van der Waals surface area contributed by atoms with Crippen molar-refractivity contribution in [3.8, 4) is 0 Å². The summed E-state index contributed by atoms with van der Waals surface area (Å²) in [6.07, 6.45) is -5.15. The number of carbonyl (C=O) groups excluding carboxylic acids is 1. The number of nitrogens with two attached hydrogens (primary N) is 1. The molecule has 0 radical (unpaired) electrons. The third kappa shape index (κ3) is 3.21. The van der Waals surface area contributed by atoms with Crippen LogP contribution in [0.4, 0.5) is 18.9 Å². The number of aliphatic carboxylic acids is 1. The van der Waals surface area contributed by atoms with Gasteiger partial charge in [0.25, 0.3) is 5.91 Å². The van der Waals surface area contributed by atoms with E-state index in [-0.39, 0.29) is 11.3 Å². The first-order valence-electron chi connectivity index (χ1n) is 5.16. The van der Waals surface area contributed by atoms with Gasteiger partial charge in [-0.1, -0.05) is 15.9 Å². The number of carbonyl (C=O) groups is 2. The molecule has 5 nitrogen and oxygen atoms in total. The number of halogens is 4. The smallest absolute Gasteiger partial charge is 0.422 e. The first-order valence-corrected chi connectivity index (χ1v) is 5.95. The van der Waals surface area contributed by atoms with Crippen molar-refractivity contribution in [2.45, 2.75) is 18.6 Å². The van der Waals surface area contributed by atoms with Gasteiger partial charge in [0.05, 0.1) is 0 Å². The Morgan fingerprint density at radius 1 is 1.30 bits per heavy atom. The van der Waals surface area contributed by atoms with Crippen LogP contribution in [0.3, 0.4) is 0 Å². The first kappa shape index (κ1) is 16.3. The van der Waals surface area contributed by atoms with Crippen molar-refractivity contribution in [3.63, 3.8) is 0 Å². The molecule has 20 heavy (non-hydrogen) atoms. The fourth-order valence-corrected chi connectivity index (χ4v) is 1.80. The summed E-state index contributed by atoms with van der Waals surface area (Å²) in [5.41, 5.74) is 2.03. The highest BCUT2D eigenvalue weighted by atomic mass is 79.9. The molecular weight excluding hydrogens is 345 g/mol. The van der Waals surface area contributed by atoms with Gasteiger partial charge >= 0.3 is 12.1 Å². The molecule has 0 aliphatic rings. The van der Waals surface area contributed by atoms with Crippen LogP contribution >= 0.6 is 15.9 Å². The summed E-state index contributed by atoms with van der Waals surface area (Å²) < 4.78 is 38.7. The van der Waals surface area contributed by atoms with Crippen LogP contribution in [0.15, 0.2) is 22.7 Å². The number of nitrogen functional groups attached to an aromatic ring is 1. The number of alkyl halides is 3. The summed E-state index contributed by atoms with van der Waals surface area (Å²) in [5, 5.41) is 10.2. The lowest BCUT2D eigenvalue weighted by Crippen LogP contribution is -2.61. The standard InChI is InChI=1S/C11H10BrF3N2O3/c1-10(9(19)20,11(13,14)15)17-8(18)5-2-6(12)4-7(16)3-5/h2-4H,16H2,1H3,(H,17,18)(H,19,20). The highest BCUT2D eigenvalue weighted by Gasteiger charge is 2.58. The molecule has 0 aromatic heterocycles. The summed E-state index contributed by atoms with van der Waals surface area (Å²) in [7, 11) is 0. The Bertz CT molecular complexity index is 542. The SMILES string of the molecule is CC(NC(=O)c1cc(N)cc(Br)c1)(C(=O)O)C(F)(F)F. The van der Waals surface area contributed by atoms with Crippen LogP contribution in [0, 0.1) is 0 Å². The molecule has 1 unspecified atom stereocenters. The molecule has 0 aliphatic heterocycles. The molecular formula is C11H10BrF3N2O3. The minimum absolute atomic E-state index is 0.147. The highest BCUT2D eigenvalue weighted by molar-refractivity contribution is 9.10. The molecule has 0 aliphatic carbocycles. The van der Waals surface area contributed by atoms with Crippen LogP contribution in [0.1, 0.15) is 17.3 Å². The maximum atomic E-state index is 12.8. The van der Waals surface area contributed by atoms with Crippen LogP contribution in [0.5, 0.6) is 0 Å². The lowest BCUT2D eigenvalue weighted by Gasteiger charge is -2.28. The Morgan fingerprint density at radius 3 is 2.25 bits per heavy atom. The zero-order chi connectivity index (χ0) is 15.7. The summed E-state index contributed by atoms with van der Waals surface area (Å²) in [4.78, 5) is 22.6. The number of hydrogen-bond acceptors (Lipinski definition) is 3. The molecule has 0 bridgehead atoms. The van der Waals surface area contributed by atoms with E-state index in [2.05, 4.69) is 15.9 Å². The maximum absolute atomic E-state index is 12.8. The molecule has 0 fully saturated rings. The van der Waals surface area contributed by atoms with Crippen molar-refractivity contribution in [3.05, 3.63) is 28.2 Å². The second-order valence-corrected chi connectivity index (χ2v) is 5.07. The normalized spacial score (nSPS) is 14.4. The molecule has 1 amide bonds.